The summed E-state index contributed by atoms with van der Waals surface area (Å²) in [6, 6.07) is -0.695. The van der Waals surface area contributed by atoms with Crippen molar-refractivity contribution in [2.45, 2.75) is 328 Å². The van der Waals surface area contributed by atoms with Gasteiger partial charge in [-0.15, -0.1) is 0 Å². The first kappa shape index (κ1) is 60.6. The predicted molar refractivity (Wildman–Crippen MR) is 269 cm³/mol. The van der Waals surface area contributed by atoms with Gasteiger partial charge in [0.2, 0.25) is 5.91 Å². The molecule has 3 atom stereocenters. The molecule has 3 unspecified atom stereocenters. The van der Waals surface area contributed by atoms with Gasteiger partial charge in [0.15, 0.2) is 0 Å². The van der Waals surface area contributed by atoms with Crippen LogP contribution < -0.4 is 5.32 Å². The second-order valence-corrected chi connectivity index (χ2v) is 19.3. The number of allylic oxidation sites excluding steroid dienone is 2. The summed E-state index contributed by atoms with van der Waals surface area (Å²) in [6.07, 6.45) is 57.0. The van der Waals surface area contributed by atoms with E-state index in [9.17, 15) is 19.8 Å². The van der Waals surface area contributed by atoms with Crippen molar-refractivity contribution in [3.05, 3.63) is 12.2 Å². The van der Waals surface area contributed by atoms with E-state index in [1.165, 1.54) is 218 Å². The summed E-state index contributed by atoms with van der Waals surface area (Å²) in [7, 11) is 0. The zero-order valence-electron chi connectivity index (χ0n) is 42.0. The Balaban J connectivity index is 4.53. The molecule has 0 saturated heterocycles. The fourth-order valence-electron chi connectivity index (χ4n) is 8.84. The number of aliphatic hydroxyl groups is 2. The first-order valence-corrected chi connectivity index (χ1v) is 27.9. The lowest BCUT2D eigenvalue weighted by molar-refractivity contribution is -0.151. The van der Waals surface area contributed by atoms with Crippen LogP contribution in [0.1, 0.15) is 310 Å². The molecule has 0 aromatic heterocycles. The number of rotatable bonds is 51. The Kier molecular flexibility index (Phi) is 49.5. The van der Waals surface area contributed by atoms with Crippen molar-refractivity contribution in [3.63, 3.8) is 0 Å². The fourth-order valence-corrected chi connectivity index (χ4v) is 8.84. The first-order valence-electron chi connectivity index (χ1n) is 27.9. The maximum absolute atomic E-state index is 13.2. The van der Waals surface area contributed by atoms with Crippen LogP contribution in [-0.2, 0) is 14.3 Å². The Labute approximate surface area is 387 Å². The van der Waals surface area contributed by atoms with Gasteiger partial charge in [-0.05, 0) is 51.4 Å². The summed E-state index contributed by atoms with van der Waals surface area (Å²) in [5.41, 5.74) is 0. The third-order valence-corrected chi connectivity index (χ3v) is 13.1. The number of amides is 1. The van der Waals surface area contributed by atoms with Crippen LogP contribution in [-0.4, -0.2) is 46.9 Å². The summed E-state index contributed by atoms with van der Waals surface area (Å²) >= 11 is 0. The molecule has 0 rings (SSSR count). The van der Waals surface area contributed by atoms with Gasteiger partial charge < -0.3 is 20.3 Å². The number of nitrogens with one attached hydrogen (secondary N) is 1. The van der Waals surface area contributed by atoms with E-state index in [1.807, 2.05) is 0 Å². The molecular weight excluding hydrogens is 767 g/mol. The quantitative estimate of drug-likeness (QED) is 0.0321. The third-order valence-electron chi connectivity index (χ3n) is 13.1. The maximum atomic E-state index is 13.2. The Morgan fingerprint density at radius 2 is 0.774 bits per heavy atom. The molecule has 1 amide bonds. The number of hydrogen-bond acceptors (Lipinski definition) is 5. The second kappa shape index (κ2) is 50.6. The van der Waals surface area contributed by atoms with Gasteiger partial charge in [0.05, 0.1) is 25.2 Å². The third kappa shape index (κ3) is 45.2. The monoisotopic (exact) mass is 876 g/mol. The SMILES string of the molecule is CCCCCC/C=C\CCCCCCCCCC(=O)OC(CCCCCCCCCCCCCCCCCC)CC(=O)NC(CO)C(O)CCCCCCCCCCCCCC. The number of hydrogen-bond donors (Lipinski definition) is 3. The van der Waals surface area contributed by atoms with Gasteiger partial charge in [-0.1, -0.05) is 258 Å². The van der Waals surface area contributed by atoms with E-state index in [0.717, 1.165) is 44.9 Å². The predicted octanol–water partition coefficient (Wildman–Crippen LogP) is 16.9. The highest BCUT2D eigenvalue weighted by atomic mass is 16.5. The molecule has 6 nitrogen and oxygen atoms in total. The summed E-state index contributed by atoms with van der Waals surface area (Å²) in [6.45, 7) is 6.50. The van der Waals surface area contributed by atoms with Gasteiger partial charge in [-0.25, -0.2) is 0 Å². The number of ether oxygens (including phenoxy) is 1. The van der Waals surface area contributed by atoms with Crippen LogP contribution in [0.2, 0.25) is 0 Å². The van der Waals surface area contributed by atoms with E-state index in [1.54, 1.807) is 0 Å². The van der Waals surface area contributed by atoms with Crippen molar-refractivity contribution in [1.29, 1.82) is 0 Å². The molecular formula is C56H109NO5. The molecule has 0 spiro atoms. The van der Waals surface area contributed by atoms with Gasteiger partial charge >= 0.3 is 5.97 Å². The summed E-state index contributed by atoms with van der Waals surface area (Å²) in [5.74, 6) is -0.457. The summed E-state index contributed by atoms with van der Waals surface area (Å²) < 4.78 is 5.96. The highest BCUT2D eigenvalue weighted by Crippen LogP contribution is 2.19. The van der Waals surface area contributed by atoms with E-state index in [0.29, 0.717) is 19.3 Å². The van der Waals surface area contributed by atoms with Crippen molar-refractivity contribution < 1.29 is 24.5 Å². The lowest BCUT2D eigenvalue weighted by Crippen LogP contribution is -2.46. The van der Waals surface area contributed by atoms with Crippen LogP contribution >= 0.6 is 0 Å². The van der Waals surface area contributed by atoms with Crippen LogP contribution in [0.5, 0.6) is 0 Å². The van der Waals surface area contributed by atoms with E-state index in [-0.39, 0.29) is 24.9 Å². The molecule has 0 aliphatic heterocycles. The fraction of sp³-hybridized carbons (Fsp3) is 0.929. The topological polar surface area (TPSA) is 95.9 Å². The molecule has 0 saturated carbocycles. The molecule has 0 fully saturated rings. The van der Waals surface area contributed by atoms with Crippen LogP contribution in [0, 0.1) is 0 Å². The zero-order chi connectivity index (χ0) is 45.2. The van der Waals surface area contributed by atoms with Gasteiger partial charge in [0.1, 0.15) is 6.10 Å². The van der Waals surface area contributed by atoms with Crippen molar-refractivity contribution in [1.82, 2.24) is 5.32 Å². The molecule has 3 N–H and O–H groups in total. The van der Waals surface area contributed by atoms with Gasteiger partial charge in [-0.3, -0.25) is 9.59 Å². The Morgan fingerprint density at radius 3 is 1.16 bits per heavy atom. The van der Waals surface area contributed by atoms with E-state index in [2.05, 4.69) is 38.2 Å². The van der Waals surface area contributed by atoms with Crippen LogP contribution in [0.4, 0.5) is 0 Å². The summed E-state index contributed by atoms with van der Waals surface area (Å²) in [4.78, 5) is 26.2. The van der Waals surface area contributed by atoms with Gasteiger partial charge in [-0.2, -0.15) is 0 Å². The van der Waals surface area contributed by atoms with Crippen LogP contribution in [0.25, 0.3) is 0 Å². The Morgan fingerprint density at radius 1 is 0.452 bits per heavy atom. The average Bonchev–Trinajstić information content (AvgIpc) is 3.26. The molecule has 0 aromatic carbocycles. The van der Waals surface area contributed by atoms with Crippen molar-refractivity contribution in [2.75, 3.05) is 6.61 Å². The number of carbonyl (C=O) groups excluding carboxylic acids is 2. The molecule has 0 heterocycles. The Bertz CT molecular complexity index is 939. The van der Waals surface area contributed by atoms with Gasteiger partial charge in [0, 0.05) is 6.42 Å². The first-order chi connectivity index (χ1) is 30.5. The number of carbonyl (C=O) groups is 2. The minimum atomic E-state index is -0.782. The molecule has 6 heteroatoms. The second-order valence-electron chi connectivity index (χ2n) is 19.3. The van der Waals surface area contributed by atoms with E-state index >= 15 is 0 Å². The van der Waals surface area contributed by atoms with Crippen LogP contribution in [0.3, 0.4) is 0 Å². The molecule has 0 bridgehead atoms. The molecule has 0 aliphatic carbocycles. The molecule has 368 valence electrons. The lowest BCUT2D eigenvalue weighted by Gasteiger charge is -2.24. The number of esters is 1. The summed E-state index contributed by atoms with van der Waals surface area (Å²) in [5, 5.41) is 23.8. The van der Waals surface area contributed by atoms with Gasteiger partial charge in [0.25, 0.3) is 0 Å². The highest BCUT2D eigenvalue weighted by Gasteiger charge is 2.24. The molecule has 62 heavy (non-hydrogen) atoms. The zero-order valence-corrected chi connectivity index (χ0v) is 42.0. The minimum Gasteiger partial charge on any atom is -0.462 e. The number of unbranched alkanes of at least 4 members (excludes halogenated alkanes) is 37. The average molecular weight is 876 g/mol. The Hall–Kier alpha value is -1.40. The van der Waals surface area contributed by atoms with Crippen molar-refractivity contribution in [2.24, 2.45) is 0 Å². The number of aliphatic hydroxyl groups excluding tert-OH is 2. The smallest absolute Gasteiger partial charge is 0.306 e. The minimum absolute atomic E-state index is 0.0837. The lowest BCUT2D eigenvalue weighted by atomic mass is 10.0. The van der Waals surface area contributed by atoms with Crippen molar-refractivity contribution in [3.8, 4) is 0 Å². The maximum Gasteiger partial charge on any atom is 0.306 e. The molecule has 0 aromatic rings. The van der Waals surface area contributed by atoms with E-state index in [4.69, 9.17) is 4.74 Å². The molecule has 0 radical (unpaired) electrons. The largest absolute Gasteiger partial charge is 0.462 e. The standard InChI is InChI=1S/C56H109NO5/c1-4-7-10-13-16-19-22-25-27-29-30-32-35-38-41-44-47-52(62-56(61)49-46-43-40-37-34-31-28-26-23-20-17-14-11-8-5-2)50-55(60)57-53(51-58)54(59)48-45-42-39-36-33-24-21-18-15-12-9-6-3/h20,23,52-54,58-59H,4-19,21-22,24-51H2,1-3H3,(H,57,60)/b23-20-. The van der Waals surface area contributed by atoms with E-state index < -0.39 is 18.2 Å². The van der Waals surface area contributed by atoms with Crippen molar-refractivity contribution >= 4 is 11.9 Å². The highest BCUT2D eigenvalue weighted by molar-refractivity contribution is 5.77. The van der Waals surface area contributed by atoms with Crippen LogP contribution in [0.15, 0.2) is 12.2 Å². The normalized spacial score (nSPS) is 13.2. The molecule has 0 aliphatic rings.